The van der Waals surface area contributed by atoms with Gasteiger partial charge in [-0.25, -0.2) is 0 Å². The minimum Gasteiger partial charge on any atom is -0.376 e. The zero-order valence-corrected chi connectivity index (χ0v) is 14.5. The first-order chi connectivity index (χ1) is 11.6. The molecule has 1 aromatic carbocycles. The summed E-state index contributed by atoms with van der Waals surface area (Å²) in [5, 5.41) is 3.20. The Morgan fingerprint density at radius 3 is 2.50 bits per heavy atom. The second-order valence-corrected chi connectivity index (χ2v) is 6.85. The molecule has 1 aromatic rings. The number of carbonyl (C=O) groups excluding carboxylic acids is 2. The van der Waals surface area contributed by atoms with Gasteiger partial charge in [0.1, 0.15) is 0 Å². The lowest BCUT2D eigenvalue weighted by Gasteiger charge is -2.31. The quantitative estimate of drug-likeness (QED) is 0.903. The van der Waals surface area contributed by atoms with Crippen molar-refractivity contribution in [1.29, 1.82) is 0 Å². The second kappa shape index (κ2) is 7.69. The smallest absolute Gasteiger partial charge is 0.241 e. The van der Waals surface area contributed by atoms with Crippen LogP contribution in [0.4, 0.5) is 11.4 Å². The Kier molecular flexibility index (Phi) is 5.38. The number of nitrogens with zero attached hydrogens (tertiary/aromatic N) is 2. The summed E-state index contributed by atoms with van der Waals surface area (Å²) < 4.78 is 0. The molecule has 1 saturated carbocycles. The molecule has 2 fully saturated rings. The Hall–Kier alpha value is -2.04. The molecule has 1 saturated heterocycles. The van der Waals surface area contributed by atoms with E-state index in [9.17, 15) is 9.59 Å². The van der Waals surface area contributed by atoms with Crippen molar-refractivity contribution in [2.45, 2.75) is 51.0 Å². The highest BCUT2D eigenvalue weighted by atomic mass is 16.2. The van der Waals surface area contributed by atoms with E-state index in [1.54, 1.807) is 0 Å². The highest BCUT2D eigenvalue weighted by molar-refractivity contribution is 5.95. The molecule has 0 bridgehead atoms. The number of amides is 2. The summed E-state index contributed by atoms with van der Waals surface area (Å²) in [7, 11) is 1.92. The first kappa shape index (κ1) is 16.8. The number of likely N-dealkylation sites (N-methyl/N-ethyl adjacent to an activating group) is 1. The van der Waals surface area contributed by atoms with Gasteiger partial charge in [-0.15, -0.1) is 0 Å². The number of rotatable bonds is 5. The number of nitrogens with one attached hydrogen (secondary N) is 1. The molecule has 2 aliphatic rings. The van der Waals surface area contributed by atoms with Gasteiger partial charge in [0.15, 0.2) is 0 Å². The van der Waals surface area contributed by atoms with Crippen LogP contribution in [0.25, 0.3) is 0 Å². The summed E-state index contributed by atoms with van der Waals surface area (Å²) in [5.74, 6) is 0.334. The molecule has 0 unspecified atom stereocenters. The lowest BCUT2D eigenvalue weighted by Crippen LogP contribution is -2.41. The molecular formula is C19H27N3O2. The van der Waals surface area contributed by atoms with Gasteiger partial charge in [-0.1, -0.05) is 19.3 Å². The van der Waals surface area contributed by atoms with E-state index in [1.807, 2.05) is 41.1 Å². The molecule has 0 atom stereocenters. The molecule has 5 nitrogen and oxygen atoms in total. The topological polar surface area (TPSA) is 52.7 Å². The van der Waals surface area contributed by atoms with Crippen LogP contribution in [-0.2, 0) is 9.59 Å². The van der Waals surface area contributed by atoms with Gasteiger partial charge in [-0.05, 0) is 43.5 Å². The molecule has 5 heteroatoms. The molecular weight excluding hydrogens is 302 g/mol. The standard InChI is InChI=1S/C19H27N3O2/c1-21(16-6-3-2-4-7-16)19(24)14-20-15-9-11-17(12-10-15)22-13-5-8-18(22)23/h9-12,16,20H,2-8,13-14H2,1H3. The van der Waals surface area contributed by atoms with Gasteiger partial charge in [0.05, 0.1) is 6.54 Å². The summed E-state index contributed by atoms with van der Waals surface area (Å²) in [6, 6.07) is 8.17. The highest BCUT2D eigenvalue weighted by Crippen LogP contribution is 2.24. The molecule has 1 heterocycles. The fourth-order valence-electron chi connectivity index (χ4n) is 3.65. The third kappa shape index (κ3) is 3.89. The van der Waals surface area contributed by atoms with Crippen LogP contribution >= 0.6 is 0 Å². The summed E-state index contributed by atoms with van der Waals surface area (Å²) in [5.41, 5.74) is 1.85. The van der Waals surface area contributed by atoms with Crippen LogP contribution in [0, 0.1) is 0 Å². The van der Waals surface area contributed by atoms with Gasteiger partial charge < -0.3 is 15.1 Å². The Morgan fingerprint density at radius 1 is 1.17 bits per heavy atom. The van der Waals surface area contributed by atoms with Gasteiger partial charge in [0.2, 0.25) is 11.8 Å². The zero-order chi connectivity index (χ0) is 16.9. The average Bonchev–Trinajstić information content (AvgIpc) is 3.06. The van der Waals surface area contributed by atoms with Gasteiger partial charge >= 0.3 is 0 Å². The molecule has 2 amide bonds. The minimum absolute atomic E-state index is 0.140. The van der Waals surface area contributed by atoms with Crippen molar-refractivity contribution in [2.75, 3.05) is 30.4 Å². The Balaban J connectivity index is 1.50. The van der Waals surface area contributed by atoms with Crippen LogP contribution in [0.5, 0.6) is 0 Å². The molecule has 3 rings (SSSR count). The normalized spacial score (nSPS) is 18.7. The minimum atomic E-state index is 0.140. The first-order valence-corrected chi connectivity index (χ1v) is 9.05. The van der Waals surface area contributed by atoms with Gasteiger partial charge in [0, 0.05) is 37.4 Å². The van der Waals surface area contributed by atoms with E-state index in [-0.39, 0.29) is 11.8 Å². The molecule has 1 N–H and O–H groups in total. The summed E-state index contributed by atoms with van der Waals surface area (Å²) in [6.07, 6.45) is 7.58. The van der Waals surface area contributed by atoms with Crippen molar-refractivity contribution in [3.8, 4) is 0 Å². The molecule has 130 valence electrons. The molecule has 24 heavy (non-hydrogen) atoms. The largest absolute Gasteiger partial charge is 0.376 e. The van der Waals surface area contributed by atoms with E-state index in [4.69, 9.17) is 0 Å². The Bertz CT molecular complexity index is 579. The third-order valence-corrected chi connectivity index (χ3v) is 5.21. The van der Waals surface area contributed by atoms with Crippen molar-refractivity contribution in [1.82, 2.24) is 4.90 Å². The summed E-state index contributed by atoms with van der Waals surface area (Å²) in [4.78, 5) is 27.8. The Labute approximate surface area is 144 Å². The van der Waals surface area contributed by atoms with Crippen molar-refractivity contribution < 1.29 is 9.59 Å². The fraction of sp³-hybridized carbons (Fsp3) is 0.579. The molecule has 0 radical (unpaired) electrons. The van der Waals surface area contributed by atoms with Gasteiger partial charge in [-0.3, -0.25) is 9.59 Å². The van der Waals surface area contributed by atoms with Crippen LogP contribution in [0.3, 0.4) is 0 Å². The monoisotopic (exact) mass is 329 g/mol. The number of anilines is 2. The highest BCUT2D eigenvalue weighted by Gasteiger charge is 2.22. The lowest BCUT2D eigenvalue weighted by molar-refractivity contribution is -0.130. The predicted octanol–water partition coefficient (Wildman–Crippen LogP) is 3.02. The van der Waals surface area contributed by atoms with E-state index >= 15 is 0 Å². The van der Waals surface area contributed by atoms with E-state index in [2.05, 4.69) is 5.32 Å². The van der Waals surface area contributed by atoms with Gasteiger partial charge in [-0.2, -0.15) is 0 Å². The lowest BCUT2D eigenvalue weighted by atomic mass is 9.94. The van der Waals surface area contributed by atoms with Crippen LogP contribution in [0.2, 0.25) is 0 Å². The molecule has 0 aromatic heterocycles. The zero-order valence-electron chi connectivity index (χ0n) is 14.5. The van der Waals surface area contributed by atoms with Gasteiger partial charge in [0.25, 0.3) is 0 Å². The van der Waals surface area contributed by atoms with Crippen LogP contribution < -0.4 is 10.2 Å². The van der Waals surface area contributed by atoms with E-state index < -0.39 is 0 Å². The molecule has 1 aliphatic carbocycles. The van der Waals surface area contributed by atoms with E-state index in [1.165, 1.54) is 19.3 Å². The van der Waals surface area contributed by atoms with Crippen molar-refractivity contribution in [2.24, 2.45) is 0 Å². The molecule has 0 spiro atoms. The van der Waals surface area contributed by atoms with E-state index in [0.29, 0.717) is 19.0 Å². The van der Waals surface area contributed by atoms with Crippen LogP contribution in [0.15, 0.2) is 24.3 Å². The van der Waals surface area contributed by atoms with Crippen LogP contribution in [0.1, 0.15) is 44.9 Å². The SMILES string of the molecule is CN(C(=O)CNc1ccc(N2CCCC2=O)cc1)C1CCCCC1. The van der Waals surface area contributed by atoms with Crippen molar-refractivity contribution >= 4 is 23.2 Å². The maximum absolute atomic E-state index is 12.3. The number of hydrogen-bond donors (Lipinski definition) is 1. The van der Waals surface area contributed by atoms with Crippen molar-refractivity contribution in [3.63, 3.8) is 0 Å². The summed E-state index contributed by atoms with van der Waals surface area (Å²) >= 11 is 0. The second-order valence-electron chi connectivity index (χ2n) is 6.85. The maximum Gasteiger partial charge on any atom is 0.241 e. The van der Waals surface area contributed by atoms with Crippen LogP contribution in [-0.4, -0.2) is 42.9 Å². The average molecular weight is 329 g/mol. The van der Waals surface area contributed by atoms with E-state index in [0.717, 1.165) is 37.2 Å². The maximum atomic E-state index is 12.3. The fourth-order valence-corrected chi connectivity index (χ4v) is 3.65. The van der Waals surface area contributed by atoms with Crippen molar-refractivity contribution in [3.05, 3.63) is 24.3 Å². The predicted molar refractivity (Wildman–Crippen MR) is 96.2 cm³/mol. The Morgan fingerprint density at radius 2 is 1.88 bits per heavy atom. The first-order valence-electron chi connectivity index (χ1n) is 9.05. The number of hydrogen-bond acceptors (Lipinski definition) is 3. The summed E-state index contributed by atoms with van der Waals surface area (Å²) in [6.45, 7) is 1.12. The number of benzene rings is 1. The number of carbonyl (C=O) groups is 2. The third-order valence-electron chi connectivity index (χ3n) is 5.21. The molecule has 1 aliphatic heterocycles.